The van der Waals surface area contributed by atoms with Crippen molar-refractivity contribution in [3.63, 3.8) is 0 Å². The molecular formula is C14H17NO2S. The van der Waals surface area contributed by atoms with Crippen LogP contribution in [0.25, 0.3) is 0 Å². The number of amides is 1. The minimum atomic E-state index is -0.559. The lowest BCUT2D eigenvalue weighted by molar-refractivity contribution is -0.117. The third kappa shape index (κ3) is 2.29. The monoisotopic (exact) mass is 263 g/mol. The molecular weight excluding hydrogens is 246 g/mol. The number of anilines is 1. The average molecular weight is 263 g/mol. The summed E-state index contributed by atoms with van der Waals surface area (Å²) in [5.74, 6) is 0.712. The van der Waals surface area contributed by atoms with Crippen LogP contribution in [-0.2, 0) is 4.79 Å². The van der Waals surface area contributed by atoms with Gasteiger partial charge >= 0.3 is 0 Å². The van der Waals surface area contributed by atoms with Crippen molar-refractivity contribution in [1.82, 2.24) is 0 Å². The van der Waals surface area contributed by atoms with Crippen molar-refractivity contribution in [3.8, 4) is 0 Å². The first-order valence-corrected chi connectivity index (χ1v) is 7.24. The Bertz CT molecular complexity index is 473. The molecule has 18 heavy (non-hydrogen) atoms. The maximum absolute atomic E-state index is 12.3. The van der Waals surface area contributed by atoms with E-state index in [2.05, 4.69) is 6.92 Å². The number of Topliss-reactive ketones (excluding diaryl/α,β-unsaturated/α-hetero) is 1. The topological polar surface area (TPSA) is 37.4 Å². The third-order valence-electron chi connectivity index (χ3n) is 3.11. The summed E-state index contributed by atoms with van der Waals surface area (Å²) in [6, 6.07) is 7.31. The molecule has 0 saturated carbocycles. The quantitative estimate of drug-likeness (QED) is 0.619. The number of carbonyl (C=O) groups is 2. The van der Waals surface area contributed by atoms with Crippen molar-refractivity contribution < 1.29 is 9.59 Å². The van der Waals surface area contributed by atoms with E-state index in [1.807, 2.05) is 18.2 Å². The maximum Gasteiger partial charge on any atom is 0.247 e. The number of rotatable bonds is 4. The Morgan fingerprint density at radius 2 is 2.00 bits per heavy atom. The highest BCUT2D eigenvalue weighted by atomic mass is 32.2. The predicted octanol–water partition coefficient (Wildman–Crippen LogP) is 2.75. The highest BCUT2D eigenvalue weighted by Gasteiger charge is 2.37. The second-order valence-electron chi connectivity index (χ2n) is 4.38. The zero-order valence-corrected chi connectivity index (χ0v) is 11.5. The van der Waals surface area contributed by atoms with Crippen molar-refractivity contribution in [2.24, 2.45) is 0 Å². The van der Waals surface area contributed by atoms with Gasteiger partial charge in [-0.15, -0.1) is 11.8 Å². The fourth-order valence-electron chi connectivity index (χ4n) is 2.01. The van der Waals surface area contributed by atoms with E-state index in [0.29, 0.717) is 5.56 Å². The van der Waals surface area contributed by atoms with Crippen LogP contribution in [-0.4, -0.2) is 29.7 Å². The predicted molar refractivity (Wildman–Crippen MR) is 75.3 cm³/mol. The van der Waals surface area contributed by atoms with Crippen molar-refractivity contribution in [2.45, 2.75) is 25.0 Å². The molecule has 0 fully saturated rings. The first-order valence-electron chi connectivity index (χ1n) is 6.19. The molecule has 0 aliphatic carbocycles. The molecule has 1 aliphatic rings. The molecule has 4 heteroatoms. The highest BCUT2D eigenvalue weighted by molar-refractivity contribution is 8.01. The van der Waals surface area contributed by atoms with Gasteiger partial charge in [0.15, 0.2) is 5.78 Å². The average Bonchev–Trinajstić information content (AvgIpc) is 2.40. The molecule has 1 unspecified atom stereocenters. The van der Waals surface area contributed by atoms with Gasteiger partial charge in [-0.1, -0.05) is 25.5 Å². The standard InChI is InChI=1S/C14H17NO2S/c1-3-4-9-18-13-12(16)10-7-5-6-8-11(10)15(2)14(13)17/h5-8,13H,3-4,9H2,1-2H3. The minimum absolute atomic E-state index is 0.0465. The van der Waals surface area contributed by atoms with E-state index in [1.54, 1.807) is 18.0 Å². The summed E-state index contributed by atoms with van der Waals surface area (Å²) in [5, 5.41) is -0.559. The van der Waals surface area contributed by atoms with Crippen LogP contribution in [0.1, 0.15) is 30.1 Å². The number of benzene rings is 1. The molecule has 1 aromatic carbocycles. The Balaban J connectivity index is 2.25. The summed E-state index contributed by atoms with van der Waals surface area (Å²) < 4.78 is 0. The number of nitrogens with zero attached hydrogens (tertiary/aromatic N) is 1. The zero-order valence-electron chi connectivity index (χ0n) is 10.7. The molecule has 0 saturated heterocycles. The van der Waals surface area contributed by atoms with E-state index in [0.717, 1.165) is 24.3 Å². The second kappa shape index (κ2) is 5.57. The van der Waals surface area contributed by atoms with E-state index in [4.69, 9.17) is 0 Å². The van der Waals surface area contributed by atoms with Gasteiger partial charge in [0.25, 0.3) is 0 Å². The van der Waals surface area contributed by atoms with Crippen molar-refractivity contribution >= 4 is 29.1 Å². The molecule has 0 N–H and O–H groups in total. The van der Waals surface area contributed by atoms with Crippen molar-refractivity contribution in [1.29, 1.82) is 0 Å². The van der Waals surface area contributed by atoms with Crippen molar-refractivity contribution in [3.05, 3.63) is 29.8 Å². The van der Waals surface area contributed by atoms with E-state index < -0.39 is 5.25 Å². The minimum Gasteiger partial charge on any atom is -0.313 e. The molecule has 96 valence electrons. The number of unbranched alkanes of at least 4 members (excludes halogenated alkanes) is 1. The largest absolute Gasteiger partial charge is 0.313 e. The lowest BCUT2D eigenvalue weighted by Gasteiger charge is -2.30. The summed E-state index contributed by atoms with van der Waals surface area (Å²) in [7, 11) is 1.74. The molecule has 1 atom stereocenters. The normalized spacial score (nSPS) is 19.0. The number of ketones is 1. The van der Waals surface area contributed by atoms with Gasteiger partial charge in [-0.25, -0.2) is 0 Å². The van der Waals surface area contributed by atoms with Gasteiger partial charge in [0.05, 0.1) is 5.69 Å². The van der Waals surface area contributed by atoms with Gasteiger partial charge < -0.3 is 4.90 Å². The number of fused-ring (bicyclic) bond motifs is 1. The van der Waals surface area contributed by atoms with Crippen LogP contribution in [0.5, 0.6) is 0 Å². The fraction of sp³-hybridized carbons (Fsp3) is 0.429. The summed E-state index contributed by atoms with van der Waals surface area (Å²) in [6.45, 7) is 2.10. The van der Waals surface area contributed by atoms with Crippen LogP contribution < -0.4 is 4.90 Å². The number of para-hydroxylation sites is 1. The van der Waals surface area contributed by atoms with E-state index in [1.165, 1.54) is 11.8 Å². The molecule has 0 bridgehead atoms. The first-order chi connectivity index (χ1) is 8.66. The molecule has 0 aromatic heterocycles. The number of carbonyl (C=O) groups excluding carboxylic acids is 2. The lowest BCUT2D eigenvalue weighted by Crippen LogP contribution is -2.44. The molecule has 0 radical (unpaired) electrons. The maximum atomic E-state index is 12.3. The zero-order chi connectivity index (χ0) is 13.1. The van der Waals surface area contributed by atoms with Crippen LogP contribution in [0.15, 0.2) is 24.3 Å². The molecule has 2 rings (SSSR count). The van der Waals surface area contributed by atoms with Gasteiger partial charge in [-0.2, -0.15) is 0 Å². The SMILES string of the molecule is CCCCSC1C(=O)c2ccccc2N(C)C1=O. The van der Waals surface area contributed by atoms with Gasteiger partial charge in [0, 0.05) is 12.6 Å². The van der Waals surface area contributed by atoms with Crippen LogP contribution in [0.2, 0.25) is 0 Å². The summed E-state index contributed by atoms with van der Waals surface area (Å²) in [4.78, 5) is 26.1. The van der Waals surface area contributed by atoms with Gasteiger partial charge in [0.2, 0.25) is 5.91 Å². The van der Waals surface area contributed by atoms with Crippen LogP contribution >= 0.6 is 11.8 Å². The third-order valence-corrected chi connectivity index (χ3v) is 4.38. The van der Waals surface area contributed by atoms with E-state index in [9.17, 15) is 9.59 Å². The summed E-state index contributed by atoms with van der Waals surface area (Å²) in [5.41, 5.74) is 1.38. The fourth-order valence-corrected chi connectivity index (χ4v) is 3.29. The van der Waals surface area contributed by atoms with Crippen LogP contribution in [0.3, 0.4) is 0 Å². The summed E-state index contributed by atoms with van der Waals surface area (Å²) >= 11 is 1.46. The molecule has 1 aliphatic heterocycles. The smallest absolute Gasteiger partial charge is 0.247 e. The Labute approximate surface area is 112 Å². The molecule has 1 aromatic rings. The van der Waals surface area contributed by atoms with E-state index in [-0.39, 0.29) is 11.7 Å². The molecule has 1 heterocycles. The Morgan fingerprint density at radius 3 is 2.72 bits per heavy atom. The van der Waals surface area contributed by atoms with Gasteiger partial charge in [-0.3, -0.25) is 9.59 Å². The van der Waals surface area contributed by atoms with Gasteiger partial charge in [-0.05, 0) is 24.3 Å². The van der Waals surface area contributed by atoms with Crippen LogP contribution in [0.4, 0.5) is 5.69 Å². The van der Waals surface area contributed by atoms with Crippen LogP contribution in [0, 0.1) is 0 Å². The molecule has 3 nitrogen and oxygen atoms in total. The molecule has 1 amide bonds. The summed E-state index contributed by atoms with van der Waals surface area (Å²) in [6.07, 6.45) is 2.11. The van der Waals surface area contributed by atoms with E-state index >= 15 is 0 Å². The Morgan fingerprint density at radius 1 is 1.28 bits per heavy atom. The highest BCUT2D eigenvalue weighted by Crippen LogP contribution is 2.31. The number of hydrogen-bond acceptors (Lipinski definition) is 3. The molecule has 0 spiro atoms. The first kappa shape index (κ1) is 13.1. The number of thioether (sulfide) groups is 1. The Kier molecular flexibility index (Phi) is 4.07. The number of hydrogen-bond donors (Lipinski definition) is 0. The second-order valence-corrected chi connectivity index (χ2v) is 5.60. The van der Waals surface area contributed by atoms with Gasteiger partial charge in [0.1, 0.15) is 5.25 Å². The lowest BCUT2D eigenvalue weighted by atomic mass is 10.00. The van der Waals surface area contributed by atoms with Crippen molar-refractivity contribution in [2.75, 3.05) is 17.7 Å². The Hall–Kier alpha value is -1.29.